The first-order valence-corrected chi connectivity index (χ1v) is 17.5. The SMILES string of the molecule is CC1(C)COC2(CCC3=C4C(CC[C@@]3(CO)C2)C2CC[C@@](O)(C(F)(F)C(F)(F)F)[C@@]2(C)C[C@@H]4c2ccc(OCc3ccccc3)cc2)OC1. The summed E-state index contributed by atoms with van der Waals surface area (Å²) in [7, 11) is 0. The summed E-state index contributed by atoms with van der Waals surface area (Å²) in [6, 6.07) is 17.0. The molecule has 1 aliphatic heterocycles. The Morgan fingerprint density at radius 3 is 2.18 bits per heavy atom. The van der Waals surface area contributed by atoms with Gasteiger partial charge in [0.25, 0.3) is 0 Å². The lowest BCUT2D eigenvalue weighted by atomic mass is 9.47. The van der Waals surface area contributed by atoms with E-state index in [-0.39, 0.29) is 30.8 Å². The molecule has 1 saturated heterocycles. The number of rotatable bonds is 6. The van der Waals surface area contributed by atoms with Gasteiger partial charge in [-0.2, -0.15) is 22.0 Å². The standard InChI is InChI=1S/C39H47F5O5/c1-33(2)23-48-36(49-24-33)17-14-31-32-28(13-16-35(31,21-36)22-45)30-15-18-37(46,38(40,41)39(42,43)44)34(30,3)19-29(32)26-9-11-27(12-10-26)47-20-25-7-5-4-6-8-25/h4-12,28-30,45-46H,13-24H2,1-3H3/t28?,29-,30?,34+,35+,37+/m1/s1. The number of aliphatic hydroxyl groups is 2. The number of aliphatic hydroxyl groups excluding tert-OH is 1. The van der Waals surface area contributed by atoms with Gasteiger partial charge in [0.05, 0.1) is 19.8 Å². The molecule has 2 unspecified atom stereocenters. The van der Waals surface area contributed by atoms with Crippen molar-refractivity contribution in [3.05, 3.63) is 76.9 Å². The third kappa shape index (κ3) is 5.46. The van der Waals surface area contributed by atoms with Gasteiger partial charge in [0.15, 0.2) is 5.79 Å². The van der Waals surface area contributed by atoms with Gasteiger partial charge in [-0.05, 0) is 73.6 Å². The molecule has 49 heavy (non-hydrogen) atoms. The molecule has 0 aromatic heterocycles. The number of hydrogen-bond donors (Lipinski definition) is 2. The van der Waals surface area contributed by atoms with Crippen LogP contribution in [0.2, 0.25) is 0 Å². The normalized spacial score (nSPS) is 35.4. The van der Waals surface area contributed by atoms with E-state index in [1.54, 1.807) is 0 Å². The van der Waals surface area contributed by atoms with Crippen molar-refractivity contribution in [1.82, 2.24) is 0 Å². The molecule has 4 aliphatic carbocycles. The Bertz CT molecular complexity index is 1560. The molecule has 7 rings (SSSR count). The van der Waals surface area contributed by atoms with Crippen LogP contribution in [0.4, 0.5) is 22.0 Å². The molecule has 6 atom stereocenters. The van der Waals surface area contributed by atoms with Crippen LogP contribution in [-0.4, -0.2) is 53.5 Å². The quantitative estimate of drug-likeness (QED) is 0.235. The van der Waals surface area contributed by atoms with E-state index in [1.165, 1.54) is 6.92 Å². The summed E-state index contributed by atoms with van der Waals surface area (Å²) in [6.45, 7) is 6.86. The topological polar surface area (TPSA) is 68.2 Å². The van der Waals surface area contributed by atoms with Crippen LogP contribution < -0.4 is 4.74 Å². The molecule has 2 N–H and O–H groups in total. The number of hydrogen-bond acceptors (Lipinski definition) is 5. The highest BCUT2D eigenvalue weighted by molar-refractivity contribution is 5.45. The van der Waals surface area contributed by atoms with E-state index >= 15 is 8.78 Å². The molecule has 1 heterocycles. The lowest BCUT2D eigenvalue weighted by Gasteiger charge is -2.60. The zero-order chi connectivity index (χ0) is 35.1. The summed E-state index contributed by atoms with van der Waals surface area (Å²) >= 11 is 0. The van der Waals surface area contributed by atoms with E-state index in [2.05, 4.69) is 13.8 Å². The summed E-state index contributed by atoms with van der Waals surface area (Å²) in [6.07, 6.45) is -3.92. The van der Waals surface area contributed by atoms with Gasteiger partial charge >= 0.3 is 12.1 Å². The van der Waals surface area contributed by atoms with Gasteiger partial charge in [-0.3, -0.25) is 0 Å². The highest BCUT2D eigenvalue weighted by Gasteiger charge is 2.79. The van der Waals surface area contributed by atoms with Crippen LogP contribution in [0.5, 0.6) is 5.75 Å². The molecule has 2 aromatic carbocycles. The zero-order valence-electron chi connectivity index (χ0n) is 28.4. The van der Waals surface area contributed by atoms with E-state index in [0.29, 0.717) is 57.7 Å². The van der Waals surface area contributed by atoms with Gasteiger partial charge < -0.3 is 24.4 Å². The molecular weight excluding hydrogens is 643 g/mol. The third-order valence-electron chi connectivity index (χ3n) is 12.9. The summed E-state index contributed by atoms with van der Waals surface area (Å²) in [5.74, 6) is -6.94. The Morgan fingerprint density at radius 1 is 0.878 bits per heavy atom. The number of alkyl halides is 5. The Labute approximate surface area is 284 Å². The lowest BCUT2D eigenvalue weighted by Crippen LogP contribution is -2.65. The molecule has 0 radical (unpaired) electrons. The van der Waals surface area contributed by atoms with Crippen LogP contribution in [0, 0.1) is 28.1 Å². The Balaban J connectivity index is 1.29. The fourth-order valence-electron chi connectivity index (χ4n) is 10.3. The average molecular weight is 691 g/mol. The number of allylic oxidation sites excluding steroid dienone is 1. The maximum atomic E-state index is 15.4. The Kier molecular flexibility index (Phi) is 8.37. The van der Waals surface area contributed by atoms with Crippen LogP contribution >= 0.6 is 0 Å². The Hall–Kier alpha value is -2.53. The summed E-state index contributed by atoms with van der Waals surface area (Å²) < 4.78 is 91.7. The minimum Gasteiger partial charge on any atom is -0.489 e. The summed E-state index contributed by atoms with van der Waals surface area (Å²) in [5, 5.41) is 22.8. The van der Waals surface area contributed by atoms with Crippen molar-refractivity contribution in [3.63, 3.8) is 0 Å². The van der Waals surface area contributed by atoms with Crippen LogP contribution in [0.3, 0.4) is 0 Å². The zero-order valence-corrected chi connectivity index (χ0v) is 28.4. The lowest BCUT2D eigenvalue weighted by molar-refractivity contribution is -0.362. The van der Waals surface area contributed by atoms with Gasteiger partial charge in [0.2, 0.25) is 0 Å². The van der Waals surface area contributed by atoms with E-state index in [1.807, 2.05) is 54.6 Å². The van der Waals surface area contributed by atoms with Gasteiger partial charge in [0.1, 0.15) is 18.0 Å². The molecule has 10 heteroatoms. The molecule has 0 bridgehead atoms. The first kappa shape index (κ1) is 34.9. The maximum Gasteiger partial charge on any atom is 0.456 e. The fraction of sp³-hybridized carbons (Fsp3) is 0.641. The molecular formula is C39H47F5O5. The number of ether oxygens (including phenoxy) is 3. The molecule has 1 spiro atoms. The molecule has 0 amide bonds. The smallest absolute Gasteiger partial charge is 0.456 e. The van der Waals surface area contributed by atoms with Crippen LogP contribution in [0.25, 0.3) is 0 Å². The minimum atomic E-state index is -5.89. The Morgan fingerprint density at radius 2 is 1.55 bits per heavy atom. The second-order valence-electron chi connectivity index (χ2n) is 16.4. The second kappa shape index (κ2) is 11.8. The highest BCUT2D eigenvalue weighted by atomic mass is 19.4. The molecule has 3 saturated carbocycles. The summed E-state index contributed by atoms with van der Waals surface area (Å²) in [5.41, 5.74) is -1.92. The minimum absolute atomic E-state index is 0.0659. The van der Waals surface area contributed by atoms with E-state index in [4.69, 9.17) is 14.2 Å². The molecule has 2 aromatic rings. The van der Waals surface area contributed by atoms with Gasteiger partial charge in [0, 0.05) is 35.0 Å². The van der Waals surface area contributed by atoms with Crippen molar-refractivity contribution in [2.75, 3.05) is 19.8 Å². The van der Waals surface area contributed by atoms with Crippen molar-refractivity contribution >= 4 is 0 Å². The largest absolute Gasteiger partial charge is 0.489 e. The maximum absolute atomic E-state index is 15.4. The van der Waals surface area contributed by atoms with Gasteiger partial charge in [-0.25, -0.2) is 0 Å². The second-order valence-corrected chi connectivity index (χ2v) is 16.4. The molecule has 5 nitrogen and oxygen atoms in total. The highest BCUT2D eigenvalue weighted by Crippen LogP contribution is 2.72. The predicted octanol–water partition coefficient (Wildman–Crippen LogP) is 8.74. The van der Waals surface area contributed by atoms with E-state index in [0.717, 1.165) is 22.3 Å². The number of benzene rings is 2. The first-order chi connectivity index (χ1) is 23.0. The van der Waals surface area contributed by atoms with Crippen molar-refractivity contribution in [1.29, 1.82) is 0 Å². The van der Waals surface area contributed by atoms with Crippen LogP contribution in [-0.2, 0) is 16.1 Å². The van der Waals surface area contributed by atoms with Crippen molar-refractivity contribution in [2.24, 2.45) is 28.1 Å². The molecule has 5 aliphatic rings. The number of halogens is 5. The first-order valence-electron chi connectivity index (χ1n) is 17.5. The monoisotopic (exact) mass is 690 g/mol. The van der Waals surface area contributed by atoms with Gasteiger partial charge in [-0.15, -0.1) is 0 Å². The van der Waals surface area contributed by atoms with Crippen molar-refractivity contribution in [2.45, 2.75) is 108 Å². The van der Waals surface area contributed by atoms with Crippen LogP contribution in [0.1, 0.15) is 89.2 Å². The number of fused-ring (bicyclic) bond motifs is 4. The molecule has 4 fully saturated rings. The average Bonchev–Trinajstić information content (AvgIpc) is 3.36. The molecule has 268 valence electrons. The third-order valence-corrected chi connectivity index (χ3v) is 12.9. The van der Waals surface area contributed by atoms with Gasteiger partial charge in [-0.1, -0.05) is 74.4 Å². The fourth-order valence-corrected chi connectivity index (χ4v) is 10.3. The van der Waals surface area contributed by atoms with E-state index in [9.17, 15) is 23.4 Å². The van der Waals surface area contributed by atoms with Crippen LogP contribution in [0.15, 0.2) is 65.7 Å². The van der Waals surface area contributed by atoms with E-state index < -0.39 is 52.6 Å². The van der Waals surface area contributed by atoms with Crippen molar-refractivity contribution in [3.8, 4) is 5.75 Å². The summed E-state index contributed by atoms with van der Waals surface area (Å²) in [4.78, 5) is 0. The predicted molar refractivity (Wildman–Crippen MR) is 173 cm³/mol. The van der Waals surface area contributed by atoms with Crippen molar-refractivity contribution < 1.29 is 46.4 Å².